The topological polar surface area (TPSA) is 82.8 Å². The van der Waals surface area contributed by atoms with Crippen molar-refractivity contribution in [1.29, 1.82) is 0 Å². The highest BCUT2D eigenvalue weighted by molar-refractivity contribution is 7.99. The van der Waals surface area contributed by atoms with Crippen molar-refractivity contribution >= 4 is 35.8 Å². The van der Waals surface area contributed by atoms with E-state index < -0.39 is 6.04 Å². The number of halogens is 1. The number of amides is 1. The van der Waals surface area contributed by atoms with Crippen molar-refractivity contribution in [1.82, 2.24) is 0 Å². The van der Waals surface area contributed by atoms with Crippen molar-refractivity contribution < 1.29 is 19.0 Å². The van der Waals surface area contributed by atoms with Crippen molar-refractivity contribution in [2.45, 2.75) is 15.8 Å². The molecule has 1 aliphatic heterocycles. The third kappa shape index (κ3) is 5.04. The molecular formula is C18H21ClN2O4S. The van der Waals surface area contributed by atoms with Gasteiger partial charge in [0.2, 0.25) is 5.91 Å². The van der Waals surface area contributed by atoms with E-state index in [0.717, 1.165) is 9.79 Å². The molecule has 0 saturated carbocycles. The minimum atomic E-state index is -0.743. The summed E-state index contributed by atoms with van der Waals surface area (Å²) in [5.41, 5.74) is 6.45. The monoisotopic (exact) mass is 396 g/mol. The van der Waals surface area contributed by atoms with E-state index in [1.54, 1.807) is 6.07 Å². The fraction of sp³-hybridized carbons (Fsp3) is 0.278. The summed E-state index contributed by atoms with van der Waals surface area (Å²) in [7, 11) is 1.51. The lowest BCUT2D eigenvalue weighted by Crippen LogP contribution is -2.39. The third-order valence-corrected chi connectivity index (χ3v) is 4.62. The van der Waals surface area contributed by atoms with Gasteiger partial charge in [-0.3, -0.25) is 4.79 Å². The van der Waals surface area contributed by atoms with Crippen molar-refractivity contribution in [3.63, 3.8) is 0 Å². The van der Waals surface area contributed by atoms with Crippen LogP contribution in [0.1, 0.15) is 0 Å². The Hall–Kier alpha value is -1.93. The Morgan fingerprint density at radius 2 is 1.88 bits per heavy atom. The molecule has 26 heavy (non-hydrogen) atoms. The zero-order valence-electron chi connectivity index (χ0n) is 14.3. The highest BCUT2D eigenvalue weighted by Gasteiger charge is 2.20. The van der Waals surface area contributed by atoms with E-state index in [1.165, 1.54) is 18.9 Å². The lowest BCUT2D eigenvalue weighted by Gasteiger charge is -2.22. The summed E-state index contributed by atoms with van der Waals surface area (Å²) in [5.74, 6) is 0.969. The van der Waals surface area contributed by atoms with Crippen LogP contribution in [-0.4, -0.2) is 38.9 Å². The Balaban J connectivity index is 0.00000243. The van der Waals surface area contributed by atoms with Crippen LogP contribution in [0, 0.1) is 0 Å². The number of hydrogen-bond donors (Lipinski definition) is 2. The zero-order chi connectivity index (χ0) is 17.6. The summed E-state index contributed by atoms with van der Waals surface area (Å²) in [5, 5.41) is 2.87. The van der Waals surface area contributed by atoms with E-state index in [1.807, 2.05) is 36.4 Å². The first kappa shape index (κ1) is 20.4. The van der Waals surface area contributed by atoms with E-state index in [-0.39, 0.29) is 24.9 Å². The molecule has 1 unspecified atom stereocenters. The number of fused-ring (bicyclic) bond motifs is 1. The van der Waals surface area contributed by atoms with Gasteiger partial charge < -0.3 is 25.3 Å². The van der Waals surface area contributed by atoms with E-state index in [9.17, 15) is 4.79 Å². The van der Waals surface area contributed by atoms with E-state index >= 15 is 0 Å². The van der Waals surface area contributed by atoms with Crippen LogP contribution >= 0.6 is 24.2 Å². The van der Waals surface area contributed by atoms with Gasteiger partial charge >= 0.3 is 0 Å². The number of benzene rings is 2. The normalized spacial score (nSPS) is 13.5. The molecule has 0 radical (unpaired) electrons. The Morgan fingerprint density at radius 3 is 2.54 bits per heavy atom. The molecule has 2 aromatic rings. The predicted molar refractivity (Wildman–Crippen MR) is 104 cm³/mol. The number of nitrogens with one attached hydrogen (secondary N) is 1. The average Bonchev–Trinajstić information content (AvgIpc) is 2.63. The largest absolute Gasteiger partial charge is 0.486 e. The number of anilines is 1. The second-order valence-corrected chi connectivity index (χ2v) is 6.57. The Morgan fingerprint density at radius 1 is 1.23 bits per heavy atom. The van der Waals surface area contributed by atoms with Crippen LogP contribution in [0.5, 0.6) is 11.5 Å². The molecule has 1 aliphatic rings. The molecule has 1 heterocycles. The summed E-state index contributed by atoms with van der Waals surface area (Å²) in [6, 6.07) is 12.8. The molecular weight excluding hydrogens is 376 g/mol. The number of nitrogens with two attached hydrogens (primary N) is 1. The maximum Gasteiger partial charge on any atom is 0.243 e. The lowest BCUT2D eigenvalue weighted by molar-refractivity contribution is -0.118. The van der Waals surface area contributed by atoms with Crippen molar-refractivity contribution in [2.75, 3.05) is 32.2 Å². The van der Waals surface area contributed by atoms with Gasteiger partial charge in [0.05, 0.1) is 12.3 Å². The van der Waals surface area contributed by atoms with Gasteiger partial charge in [0.25, 0.3) is 0 Å². The molecule has 3 N–H and O–H groups in total. The lowest BCUT2D eigenvalue weighted by atomic mass is 10.2. The van der Waals surface area contributed by atoms with Crippen LogP contribution in [-0.2, 0) is 9.53 Å². The molecule has 3 rings (SSSR count). The Labute approximate surface area is 162 Å². The number of rotatable bonds is 6. The van der Waals surface area contributed by atoms with Gasteiger partial charge in [0.15, 0.2) is 11.5 Å². The van der Waals surface area contributed by atoms with Crippen molar-refractivity contribution in [3.8, 4) is 11.5 Å². The summed E-state index contributed by atoms with van der Waals surface area (Å²) in [4.78, 5) is 14.2. The summed E-state index contributed by atoms with van der Waals surface area (Å²) in [6.45, 7) is 1.14. The summed E-state index contributed by atoms with van der Waals surface area (Å²) in [6.07, 6.45) is 0. The van der Waals surface area contributed by atoms with Gasteiger partial charge in [0, 0.05) is 29.0 Å². The first-order valence-electron chi connectivity index (χ1n) is 7.89. The van der Waals surface area contributed by atoms with Crippen molar-refractivity contribution in [3.05, 3.63) is 42.5 Å². The van der Waals surface area contributed by atoms with Gasteiger partial charge in [-0.25, -0.2) is 0 Å². The number of hydrogen-bond acceptors (Lipinski definition) is 6. The van der Waals surface area contributed by atoms with Crippen LogP contribution < -0.4 is 20.5 Å². The van der Waals surface area contributed by atoms with Gasteiger partial charge in [-0.15, -0.1) is 12.4 Å². The summed E-state index contributed by atoms with van der Waals surface area (Å²) < 4.78 is 16.2. The van der Waals surface area contributed by atoms with E-state index in [2.05, 4.69) is 5.32 Å². The highest BCUT2D eigenvalue weighted by Crippen LogP contribution is 2.42. The van der Waals surface area contributed by atoms with Gasteiger partial charge in [0.1, 0.15) is 19.3 Å². The maximum absolute atomic E-state index is 12.3. The number of carbonyl (C=O) groups excluding carboxylic acids is 1. The molecule has 140 valence electrons. The standard InChI is InChI=1S/C18H20N2O4S.ClH/c1-22-11-13(19)18(21)20-14-9-15-16(24-8-7-23-15)10-17(14)25-12-5-3-2-4-6-12;/h2-6,9-10,13H,7-8,11,19H2,1H3,(H,20,21);1H. The molecule has 1 amide bonds. The van der Waals surface area contributed by atoms with Crippen LogP contribution in [0.4, 0.5) is 5.69 Å². The fourth-order valence-electron chi connectivity index (χ4n) is 2.35. The van der Waals surface area contributed by atoms with Gasteiger partial charge in [-0.05, 0) is 12.1 Å². The van der Waals surface area contributed by atoms with Crippen LogP contribution in [0.2, 0.25) is 0 Å². The van der Waals surface area contributed by atoms with Crippen LogP contribution in [0.15, 0.2) is 52.3 Å². The molecule has 0 saturated heterocycles. The maximum atomic E-state index is 12.3. The van der Waals surface area contributed by atoms with Gasteiger partial charge in [-0.1, -0.05) is 30.0 Å². The quantitative estimate of drug-likeness (QED) is 0.781. The molecule has 6 nitrogen and oxygen atoms in total. The first-order valence-corrected chi connectivity index (χ1v) is 8.71. The minimum Gasteiger partial charge on any atom is -0.486 e. The predicted octanol–water partition coefficient (Wildman–Crippen LogP) is 2.94. The van der Waals surface area contributed by atoms with Crippen LogP contribution in [0.25, 0.3) is 0 Å². The molecule has 0 fully saturated rings. The van der Waals surface area contributed by atoms with E-state index in [0.29, 0.717) is 30.4 Å². The SMILES string of the molecule is COCC(N)C(=O)Nc1cc2c(cc1Sc1ccccc1)OCCO2.Cl. The molecule has 1 atom stereocenters. The molecule has 8 heteroatoms. The number of ether oxygens (including phenoxy) is 3. The Bertz CT molecular complexity index is 745. The third-order valence-electron chi connectivity index (χ3n) is 3.56. The average molecular weight is 397 g/mol. The van der Waals surface area contributed by atoms with Gasteiger partial charge in [-0.2, -0.15) is 0 Å². The fourth-order valence-corrected chi connectivity index (χ4v) is 3.28. The number of methoxy groups -OCH3 is 1. The Kier molecular flexibility index (Phi) is 7.59. The van der Waals surface area contributed by atoms with Crippen molar-refractivity contribution in [2.24, 2.45) is 5.73 Å². The second kappa shape index (κ2) is 9.68. The second-order valence-electron chi connectivity index (χ2n) is 5.46. The van der Waals surface area contributed by atoms with Crippen LogP contribution in [0.3, 0.4) is 0 Å². The zero-order valence-corrected chi connectivity index (χ0v) is 15.9. The highest BCUT2D eigenvalue weighted by atomic mass is 35.5. The molecule has 0 aliphatic carbocycles. The first-order chi connectivity index (χ1) is 12.2. The smallest absolute Gasteiger partial charge is 0.243 e. The molecule has 2 aromatic carbocycles. The molecule has 0 spiro atoms. The minimum absolute atomic E-state index is 0. The summed E-state index contributed by atoms with van der Waals surface area (Å²) >= 11 is 1.53. The number of carbonyl (C=O) groups is 1. The molecule has 0 bridgehead atoms. The van der Waals surface area contributed by atoms with E-state index in [4.69, 9.17) is 19.9 Å². The molecule has 0 aromatic heterocycles.